The lowest BCUT2D eigenvalue weighted by Gasteiger charge is -2.24. The van der Waals surface area contributed by atoms with Crippen LogP contribution in [-0.4, -0.2) is 33.4 Å². The molecule has 2 fully saturated rings. The number of aromatic nitrogens is 3. The van der Waals surface area contributed by atoms with Gasteiger partial charge >= 0.3 is 0 Å². The van der Waals surface area contributed by atoms with Gasteiger partial charge in [0, 0.05) is 12.7 Å². The van der Waals surface area contributed by atoms with Gasteiger partial charge in [-0.2, -0.15) is 11.8 Å². The Balaban J connectivity index is 1.70. The number of imidazole rings is 1. The van der Waals surface area contributed by atoms with Crippen molar-refractivity contribution in [3.05, 3.63) is 24.2 Å². The zero-order valence-corrected chi connectivity index (χ0v) is 13.1. The summed E-state index contributed by atoms with van der Waals surface area (Å²) in [5.41, 5.74) is 2.15. The van der Waals surface area contributed by atoms with Crippen molar-refractivity contribution in [1.82, 2.24) is 19.9 Å². The van der Waals surface area contributed by atoms with E-state index in [4.69, 9.17) is 4.98 Å². The fourth-order valence-electron chi connectivity index (χ4n) is 3.51. The SMILES string of the molecule is c1cnc2c(c1)nc(C1CCCS1)n2CC1CCNCC1. The molecule has 0 aliphatic carbocycles. The van der Waals surface area contributed by atoms with Crippen LogP contribution in [-0.2, 0) is 6.54 Å². The molecule has 2 aliphatic heterocycles. The van der Waals surface area contributed by atoms with Gasteiger partial charge in [-0.05, 0) is 62.6 Å². The van der Waals surface area contributed by atoms with E-state index in [1.165, 1.54) is 37.3 Å². The smallest absolute Gasteiger partial charge is 0.160 e. The highest BCUT2D eigenvalue weighted by Crippen LogP contribution is 2.40. The van der Waals surface area contributed by atoms with Gasteiger partial charge in [-0.1, -0.05) is 0 Å². The van der Waals surface area contributed by atoms with E-state index in [0.29, 0.717) is 5.25 Å². The van der Waals surface area contributed by atoms with Gasteiger partial charge in [-0.3, -0.25) is 0 Å². The van der Waals surface area contributed by atoms with Crippen LogP contribution in [0, 0.1) is 5.92 Å². The average molecular weight is 302 g/mol. The highest BCUT2D eigenvalue weighted by Gasteiger charge is 2.26. The lowest BCUT2D eigenvalue weighted by atomic mass is 9.98. The maximum absolute atomic E-state index is 4.92. The fraction of sp³-hybridized carbons (Fsp3) is 0.625. The van der Waals surface area contributed by atoms with Crippen LogP contribution in [0.4, 0.5) is 0 Å². The van der Waals surface area contributed by atoms with E-state index >= 15 is 0 Å². The summed E-state index contributed by atoms with van der Waals surface area (Å²) in [6.45, 7) is 3.39. The van der Waals surface area contributed by atoms with E-state index in [0.717, 1.165) is 36.7 Å². The minimum atomic E-state index is 0.570. The van der Waals surface area contributed by atoms with Crippen LogP contribution in [0.25, 0.3) is 11.2 Å². The molecule has 1 unspecified atom stereocenters. The summed E-state index contributed by atoms with van der Waals surface area (Å²) in [4.78, 5) is 9.54. The molecule has 21 heavy (non-hydrogen) atoms. The molecule has 0 amide bonds. The molecule has 0 aromatic carbocycles. The fourth-order valence-corrected chi connectivity index (χ4v) is 4.79. The van der Waals surface area contributed by atoms with Gasteiger partial charge in [-0.15, -0.1) is 0 Å². The first kappa shape index (κ1) is 13.6. The third-order valence-electron chi connectivity index (χ3n) is 4.65. The van der Waals surface area contributed by atoms with Crippen molar-refractivity contribution >= 4 is 22.9 Å². The van der Waals surface area contributed by atoms with Crippen molar-refractivity contribution in [2.24, 2.45) is 5.92 Å². The summed E-state index contributed by atoms with van der Waals surface area (Å²) in [7, 11) is 0. The number of piperidine rings is 1. The number of fused-ring (bicyclic) bond motifs is 1. The van der Waals surface area contributed by atoms with Crippen LogP contribution in [0.2, 0.25) is 0 Å². The molecule has 4 rings (SSSR count). The van der Waals surface area contributed by atoms with Crippen LogP contribution in [0.15, 0.2) is 18.3 Å². The lowest BCUT2D eigenvalue weighted by molar-refractivity contribution is 0.332. The lowest BCUT2D eigenvalue weighted by Crippen LogP contribution is -2.30. The topological polar surface area (TPSA) is 42.7 Å². The Labute approximate surface area is 129 Å². The number of rotatable bonds is 3. The second-order valence-electron chi connectivity index (χ2n) is 6.12. The molecule has 2 aliphatic rings. The van der Waals surface area contributed by atoms with E-state index in [2.05, 4.69) is 32.7 Å². The van der Waals surface area contributed by atoms with E-state index in [-0.39, 0.29) is 0 Å². The third kappa shape index (κ3) is 2.69. The molecule has 112 valence electrons. The van der Waals surface area contributed by atoms with E-state index < -0.39 is 0 Å². The summed E-state index contributed by atoms with van der Waals surface area (Å²) < 4.78 is 2.42. The Morgan fingerprint density at radius 2 is 2.19 bits per heavy atom. The summed E-state index contributed by atoms with van der Waals surface area (Å²) in [6.07, 6.45) is 7.02. The molecule has 5 heteroatoms. The van der Waals surface area contributed by atoms with Crippen LogP contribution < -0.4 is 5.32 Å². The van der Waals surface area contributed by atoms with Crippen LogP contribution in [0.5, 0.6) is 0 Å². The minimum absolute atomic E-state index is 0.570. The predicted molar refractivity (Wildman–Crippen MR) is 87.6 cm³/mol. The summed E-state index contributed by atoms with van der Waals surface area (Å²) >= 11 is 2.06. The van der Waals surface area contributed by atoms with Gasteiger partial charge < -0.3 is 9.88 Å². The second-order valence-corrected chi connectivity index (χ2v) is 7.43. The van der Waals surface area contributed by atoms with Gasteiger partial charge in [0.15, 0.2) is 5.65 Å². The number of hydrogen-bond acceptors (Lipinski definition) is 4. The summed E-state index contributed by atoms with van der Waals surface area (Å²) in [6, 6.07) is 4.10. The average Bonchev–Trinajstić information content (AvgIpc) is 3.16. The quantitative estimate of drug-likeness (QED) is 0.946. The maximum Gasteiger partial charge on any atom is 0.160 e. The van der Waals surface area contributed by atoms with Crippen molar-refractivity contribution in [3.8, 4) is 0 Å². The molecule has 0 bridgehead atoms. The Bertz CT molecular complexity index is 612. The standard InChI is InChI=1S/C16H22N4S/c1-3-13-15(18-7-1)20(11-12-5-8-17-9-6-12)16(19-13)14-4-2-10-21-14/h1,3,7,12,14,17H,2,4-6,8-11H2. The molecule has 1 atom stereocenters. The first-order chi connectivity index (χ1) is 10.4. The number of thioether (sulfide) groups is 1. The number of nitrogens with zero attached hydrogens (tertiary/aromatic N) is 3. The molecule has 4 heterocycles. The Kier molecular flexibility index (Phi) is 3.86. The van der Waals surface area contributed by atoms with Gasteiger partial charge in [0.1, 0.15) is 11.3 Å². The van der Waals surface area contributed by atoms with E-state index in [9.17, 15) is 0 Å². The summed E-state index contributed by atoms with van der Waals surface area (Å²) in [5, 5.41) is 4.03. The van der Waals surface area contributed by atoms with Gasteiger partial charge in [0.25, 0.3) is 0 Å². The molecular weight excluding hydrogens is 280 g/mol. The molecule has 2 saturated heterocycles. The maximum atomic E-state index is 4.92. The Hall–Kier alpha value is -1.07. The van der Waals surface area contributed by atoms with E-state index in [1.54, 1.807) is 0 Å². The Morgan fingerprint density at radius 3 is 3.00 bits per heavy atom. The molecule has 4 nitrogen and oxygen atoms in total. The largest absolute Gasteiger partial charge is 0.317 e. The van der Waals surface area contributed by atoms with Crippen LogP contribution >= 0.6 is 11.8 Å². The first-order valence-corrected chi connectivity index (χ1v) is 9.10. The number of hydrogen-bond donors (Lipinski definition) is 1. The minimum Gasteiger partial charge on any atom is -0.317 e. The summed E-state index contributed by atoms with van der Waals surface area (Å²) in [5.74, 6) is 3.30. The molecule has 2 aromatic heterocycles. The van der Waals surface area contributed by atoms with Crippen LogP contribution in [0.3, 0.4) is 0 Å². The van der Waals surface area contributed by atoms with Crippen molar-refractivity contribution in [1.29, 1.82) is 0 Å². The highest BCUT2D eigenvalue weighted by atomic mass is 32.2. The number of pyridine rings is 1. The first-order valence-electron chi connectivity index (χ1n) is 8.05. The molecule has 0 spiro atoms. The second kappa shape index (κ2) is 5.97. The monoisotopic (exact) mass is 302 g/mol. The molecule has 2 aromatic rings. The number of nitrogens with one attached hydrogen (secondary N) is 1. The van der Waals surface area contributed by atoms with Crippen LogP contribution in [0.1, 0.15) is 36.8 Å². The third-order valence-corrected chi connectivity index (χ3v) is 6.02. The zero-order chi connectivity index (χ0) is 14.1. The van der Waals surface area contributed by atoms with Gasteiger partial charge in [-0.25, -0.2) is 9.97 Å². The van der Waals surface area contributed by atoms with E-state index in [1.807, 2.05) is 12.3 Å². The highest BCUT2D eigenvalue weighted by molar-refractivity contribution is 7.99. The van der Waals surface area contributed by atoms with Crippen molar-refractivity contribution in [2.75, 3.05) is 18.8 Å². The van der Waals surface area contributed by atoms with Crippen molar-refractivity contribution < 1.29 is 0 Å². The van der Waals surface area contributed by atoms with Gasteiger partial charge in [0.05, 0.1) is 5.25 Å². The molecular formula is C16H22N4S. The van der Waals surface area contributed by atoms with Crippen molar-refractivity contribution in [2.45, 2.75) is 37.5 Å². The Morgan fingerprint density at radius 1 is 1.29 bits per heavy atom. The molecule has 0 radical (unpaired) electrons. The predicted octanol–water partition coefficient (Wildman–Crippen LogP) is 3.00. The molecule has 1 N–H and O–H groups in total. The molecule has 0 saturated carbocycles. The normalized spacial score (nSPS) is 23.9. The van der Waals surface area contributed by atoms with Gasteiger partial charge in [0.2, 0.25) is 0 Å². The zero-order valence-electron chi connectivity index (χ0n) is 12.3. The van der Waals surface area contributed by atoms with Crippen molar-refractivity contribution in [3.63, 3.8) is 0 Å².